The predicted molar refractivity (Wildman–Crippen MR) is 86.5 cm³/mol. The highest BCUT2D eigenvalue weighted by Crippen LogP contribution is 2.24. The highest BCUT2D eigenvalue weighted by Gasteiger charge is 2.31. The Morgan fingerprint density at radius 2 is 2.24 bits per heavy atom. The predicted octanol–water partition coefficient (Wildman–Crippen LogP) is 1.08. The molecule has 0 bridgehead atoms. The molecule has 5 nitrogen and oxygen atoms in total. The molecule has 0 spiro atoms. The van der Waals surface area contributed by atoms with E-state index < -0.39 is 0 Å². The van der Waals surface area contributed by atoms with Gasteiger partial charge in [0.25, 0.3) is 0 Å². The van der Waals surface area contributed by atoms with E-state index in [2.05, 4.69) is 53.3 Å². The summed E-state index contributed by atoms with van der Waals surface area (Å²) in [6.45, 7) is 5.69. The van der Waals surface area contributed by atoms with Crippen molar-refractivity contribution < 1.29 is 5.11 Å². The summed E-state index contributed by atoms with van der Waals surface area (Å²) in [6.07, 6.45) is 3.65. The molecule has 2 N–H and O–H groups in total. The summed E-state index contributed by atoms with van der Waals surface area (Å²) < 4.78 is 0. The molecule has 1 aromatic heterocycles. The first kappa shape index (κ1) is 16.2. The molecule has 0 amide bonds. The SMILES string of the molecule is CCCNCc1ccc(N2CC(O)CC2CN(C)C)nc1. The van der Waals surface area contributed by atoms with Crippen molar-refractivity contribution in [3.05, 3.63) is 23.9 Å². The quantitative estimate of drug-likeness (QED) is 0.737. The Morgan fingerprint density at radius 3 is 2.86 bits per heavy atom. The van der Waals surface area contributed by atoms with Crippen molar-refractivity contribution in [3.63, 3.8) is 0 Å². The Kier molecular flexibility index (Phi) is 5.96. The number of hydrogen-bond acceptors (Lipinski definition) is 5. The molecule has 118 valence electrons. The van der Waals surface area contributed by atoms with E-state index in [4.69, 9.17) is 0 Å². The van der Waals surface area contributed by atoms with E-state index in [9.17, 15) is 5.11 Å². The minimum atomic E-state index is -0.248. The molecule has 1 aromatic rings. The fraction of sp³-hybridized carbons (Fsp3) is 0.688. The molecule has 1 saturated heterocycles. The summed E-state index contributed by atoms with van der Waals surface area (Å²) in [4.78, 5) is 8.98. The Bertz CT molecular complexity index is 421. The molecule has 0 saturated carbocycles. The van der Waals surface area contributed by atoms with Crippen LogP contribution in [0.15, 0.2) is 18.3 Å². The third-order valence-corrected chi connectivity index (χ3v) is 3.83. The fourth-order valence-electron chi connectivity index (χ4n) is 2.87. The van der Waals surface area contributed by atoms with Crippen LogP contribution in [0.3, 0.4) is 0 Å². The lowest BCUT2D eigenvalue weighted by Gasteiger charge is -2.27. The lowest BCUT2D eigenvalue weighted by molar-refractivity contribution is 0.191. The summed E-state index contributed by atoms with van der Waals surface area (Å²) in [7, 11) is 4.14. The molecule has 2 unspecified atom stereocenters. The van der Waals surface area contributed by atoms with Crippen molar-refractivity contribution in [2.45, 2.75) is 38.5 Å². The van der Waals surface area contributed by atoms with Crippen LogP contribution in [-0.4, -0.2) is 60.9 Å². The molecule has 21 heavy (non-hydrogen) atoms. The Hall–Kier alpha value is -1.17. The molecule has 5 heteroatoms. The molecule has 0 radical (unpaired) electrons. The summed E-state index contributed by atoms with van der Waals surface area (Å²) in [6, 6.07) is 4.54. The number of nitrogens with one attached hydrogen (secondary N) is 1. The Balaban J connectivity index is 1.99. The second-order valence-corrected chi connectivity index (χ2v) is 6.16. The van der Waals surface area contributed by atoms with Gasteiger partial charge in [0.05, 0.1) is 6.10 Å². The van der Waals surface area contributed by atoms with Gasteiger partial charge in [-0.2, -0.15) is 0 Å². The van der Waals surface area contributed by atoms with Gasteiger partial charge in [0.1, 0.15) is 5.82 Å². The van der Waals surface area contributed by atoms with Gasteiger partial charge in [-0.05, 0) is 45.1 Å². The number of hydrogen-bond donors (Lipinski definition) is 2. The van der Waals surface area contributed by atoms with Gasteiger partial charge >= 0.3 is 0 Å². The fourth-order valence-corrected chi connectivity index (χ4v) is 2.87. The first-order valence-electron chi connectivity index (χ1n) is 7.85. The zero-order valence-corrected chi connectivity index (χ0v) is 13.4. The van der Waals surface area contributed by atoms with E-state index in [-0.39, 0.29) is 6.10 Å². The zero-order valence-electron chi connectivity index (χ0n) is 13.4. The average Bonchev–Trinajstić information content (AvgIpc) is 2.80. The van der Waals surface area contributed by atoms with Crippen LogP contribution in [-0.2, 0) is 6.54 Å². The van der Waals surface area contributed by atoms with E-state index in [0.29, 0.717) is 12.6 Å². The van der Waals surface area contributed by atoms with Crippen molar-refractivity contribution in [1.29, 1.82) is 0 Å². The second-order valence-electron chi connectivity index (χ2n) is 6.16. The van der Waals surface area contributed by atoms with Crippen LogP contribution in [0.25, 0.3) is 0 Å². The van der Waals surface area contributed by atoms with Crippen LogP contribution >= 0.6 is 0 Å². The van der Waals surface area contributed by atoms with Gasteiger partial charge < -0.3 is 20.2 Å². The number of pyridine rings is 1. The second kappa shape index (κ2) is 7.73. The van der Waals surface area contributed by atoms with Crippen LogP contribution in [0.4, 0.5) is 5.82 Å². The maximum atomic E-state index is 9.94. The Morgan fingerprint density at radius 1 is 1.43 bits per heavy atom. The summed E-state index contributed by atoms with van der Waals surface area (Å²) in [5.41, 5.74) is 1.20. The van der Waals surface area contributed by atoms with Crippen LogP contribution in [0, 0.1) is 0 Å². The van der Waals surface area contributed by atoms with Gasteiger partial charge in [0.2, 0.25) is 0 Å². The summed E-state index contributed by atoms with van der Waals surface area (Å²) in [5, 5.41) is 13.3. The molecule has 1 aliphatic rings. The molecule has 2 heterocycles. The van der Waals surface area contributed by atoms with Gasteiger partial charge in [-0.1, -0.05) is 13.0 Å². The van der Waals surface area contributed by atoms with Gasteiger partial charge in [0, 0.05) is 31.9 Å². The maximum Gasteiger partial charge on any atom is 0.128 e. The topological polar surface area (TPSA) is 51.6 Å². The largest absolute Gasteiger partial charge is 0.391 e. The van der Waals surface area contributed by atoms with Gasteiger partial charge in [-0.3, -0.25) is 0 Å². The summed E-state index contributed by atoms with van der Waals surface area (Å²) in [5.74, 6) is 0.970. The minimum absolute atomic E-state index is 0.248. The molecule has 0 aromatic carbocycles. The monoisotopic (exact) mass is 292 g/mol. The van der Waals surface area contributed by atoms with E-state index >= 15 is 0 Å². The van der Waals surface area contributed by atoms with Crippen molar-refractivity contribution in [1.82, 2.24) is 15.2 Å². The van der Waals surface area contributed by atoms with Crippen LogP contribution in [0.2, 0.25) is 0 Å². The first-order chi connectivity index (χ1) is 10.1. The lowest BCUT2D eigenvalue weighted by atomic mass is 10.2. The van der Waals surface area contributed by atoms with E-state index in [1.165, 1.54) is 5.56 Å². The minimum Gasteiger partial charge on any atom is -0.391 e. The molecule has 1 fully saturated rings. The molecule has 0 aliphatic carbocycles. The molecular formula is C16H28N4O. The van der Waals surface area contributed by atoms with Crippen LogP contribution in [0.5, 0.6) is 0 Å². The maximum absolute atomic E-state index is 9.94. The van der Waals surface area contributed by atoms with Gasteiger partial charge in [-0.15, -0.1) is 0 Å². The van der Waals surface area contributed by atoms with Crippen molar-refractivity contribution in [3.8, 4) is 0 Å². The molecule has 2 atom stereocenters. The lowest BCUT2D eigenvalue weighted by Crippen LogP contribution is -2.38. The van der Waals surface area contributed by atoms with Crippen molar-refractivity contribution in [2.75, 3.05) is 38.6 Å². The van der Waals surface area contributed by atoms with E-state index in [1.807, 2.05) is 6.20 Å². The smallest absolute Gasteiger partial charge is 0.128 e. The zero-order chi connectivity index (χ0) is 15.2. The van der Waals surface area contributed by atoms with Crippen LogP contribution in [0.1, 0.15) is 25.3 Å². The molecule has 2 rings (SSSR count). The highest BCUT2D eigenvalue weighted by atomic mass is 16.3. The third kappa shape index (κ3) is 4.66. The van der Waals surface area contributed by atoms with Gasteiger partial charge in [0.15, 0.2) is 0 Å². The van der Waals surface area contributed by atoms with Gasteiger partial charge in [-0.25, -0.2) is 4.98 Å². The van der Waals surface area contributed by atoms with Crippen molar-refractivity contribution >= 4 is 5.82 Å². The number of aromatic nitrogens is 1. The number of aliphatic hydroxyl groups excluding tert-OH is 1. The van der Waals surface area contributed by atoms with Crippen molar-refractivity contribution in [2.24, 2.45) is 0 Å². The number of likely N-dealkylation sites (N-methyl/N-ethyl adjacent to an activating group) is 1. The van der Waals surface area contributed by atoms with E-state index in [1.54, 1.807) is 0 Å². The standard InChI is InChI=1S/C16H28N4O/c1-4-7-17-9-13-5-6-16(18-10-13)20-12-15(21)8-14(20)11-19(2)3/h5-6,10,14-15,17,21H,4,7-9,11-12H2,1-3H3. The number of rotatable bonds is 7. The third-order valence-electron chi connectivity index (χ3n) is 3.83. The summed E-state index contributed by atoms with van der Waals surface area (Å²) >= 11 is 0. The molecule has 1 aliphatic heterocycles. The highest BCUT2D eigenvalue weighted by molar-refractivity contribution is 5.42. The van der Waals surface area contributed by atoms with E-state index in [0.717, 1.165) is 38.3 Å². The van der Waals surface area contributed by atoms with Crippen LogP contribution < -0.4 is 10.2 Å². The first-order valence-corrected chi connectivity index (χ1v) is 7.85. The molecular weight excluding hydrogens is 264 g/mol. The average molecular weight is 292 g/mol. The number of aliphatic hydroxyl groups is 1. The number of nitrogens with zero attached hydrogens (tertiary/aromatic N) is 3. The Labute approximate surface area is 128 Å². The number of anilines is 1. The number of β-amino-alcohol motifs (C(OH)–C–C–N with tert-alkyl or cyclic N) is 1. The normalized spacial score (nSPS) is 22.2.